The molecule has 2 atom stereocenters. The first-order valence-electron chi connectivity index (χ1n) is 5.44. The molecule has 1 saturated carbocycles. The molecule has 0 radical (unpaired) electrons. The van der Waals surface area contributed by atoms with E-state index in [4.69, 9.17) is 10.7 Å². The second-order valence-corrected chi connectivity index (χ2v) is 7.95. The highest BCUT2D eigenvalue weighted by Crippen LogP contribution is 2.31. The Balaban J connectivity index is 2.40. The van der Waals surface area contributed by atoms with Crippen LogP contribution in [-0.2, 0) is 9.05 Å². The number of hydrogen-bond donors (Lipinski definition) is 1. The molecule has 1 fully saturated rings. The van der Waals surface area contributed by atoms with Gasteiger partial charge in [0.1, 0.15) is 4.90 Å². The van der Waals surface area contributed by atoms with Crippen LogP contribution in [0.1, 0.15) is 23.7 Å². The van der Waals surface area contributed by atoms with Crippen molar-refractivity contribution >= 4 is 41.6 Å². The van der Waals surface area contributed by atoms with Crippen LogP contribution >= 0.6 is 26.6 Å². The molecule has 0 bridgehead atoms. The lowest BCUT2D eigenvalue weighted by molar-refractivity contribution is 0.0944. The summed E-state index contributed by atoms with van der Waals surface area (Å²) in [6, 6.07) is 2.26. The molecule has 104 valence electrons. The second-order valence-electron chi connectivity index (χ2n) is 4.50. The third-order valence-electron chi connectivity index (χ3n) is 2.94. The first kappa shape index (κ1) is 14.7. The van der Waals surface area contributed by atoms with Crippen LogP contribution in [0.2, 0.25) is 0 Å². The topological polar surface area (TPSA) is 63.2 Å². The molecule has 2 unspecified atom stereocenters. The molecule has 0 saturated heterocycles. The van der Waals surface area contributed by atoms with Crippen molar-refractivity contribution in [3.63, 3.8) is 0 Å². The van der Waals surface area contributed by atoms with E-state index in [1.807, 2.05) is 6.92 Å². The number of amides is 1. The minimum atomic E-state index is -4.25. The lowest BCUT2D eigenvalue weighted by Gasteiger charge is -2.08. The van der Waals surface area contributed by atoms with E-state index in [2.05, 4.69) is 21.2 Å². The molecule has 0 aliphatic heterocycles. The van der Waals surface area contributed by atoms with E-state index in [0.29, 0.717) is 5.92 Å². The number of nitrogens with one attached hydrogen (secondary N) is 1. The van der Waals surface area contributed by atoms with E-state index in [9.17, 15) is 17.6 Å². The molecular formula is C11H10BrClFNO3S. The van der Waals surface area contributed by atoms with Crippen molar-refractivity contribution in [2.24, 2.45) is 5.92 Å². The van der Waals surface area contributed by atoms with Gasteiger partial charge in [-0.2, -0.15) is 0 Å². The summed E-state index contributed by atoms with van der Waals surface area (Å²) >= 11 is 3.03. The number of rotatable bonds is 3. The quantitative estimate of drug-likeness (QED) is 0.832. The van der Waals surface area contributed by atoms with Crippen LogP contribution in [0.3, 0.4) is 0 Å². The van der Waals surface area contributed by atoms with Gasteiger partial charge in [-0.05, 0) is 24.5 Å². The fraction of sp³-hybridized carbons (Fsp3) is 0.364. The third-order valence-corrected chi connectivity index (χ3v) is 4.72. The average molecular weight is 371 g/mol. The molecule has 1 aliphatic carbocycles. The Morgan fingerprint density at radius 2 is 2.11 bits per heavy atom. The maximum atomic E-state index is 14.0. The van der Waals surface area contributed by atoms with Crippen molar-refractivity contribution in [1.82, 2.24) is 5.32 Å². The van der Waals surface area contributed by atoms with E-state index < -0.39 is 25.7 Å². The first-order chi connectivity index (χ1) is 8.70. The standard InChI is InChI=1S/C11H10BrClFNO3S/c1-5-2-8(5)15-11(16)7-3-6(12)4-9(10(7)14)19(13,17)18/h3-5,8H,2H2,1H3,(H,15,16). The van der Waals surface area contributed by atoms with E-state index >= 15 is 0 Å². The zero-order valence-electron chi connectivity index (χ0n) is 9.78. The van der Waals surface area contributed by atoms with Crippen molar-refractivity contribution < 1.29 is 17.6 Å². The molecule has 2 rings (SSSR count). The van der Waals surface area contributed by atoms with E-state index in [1.54, 1.807) is 0 Å². The number of halogens is 3. The van der Waals surface area contributed by atoms with Crippen LogP contribution in [0.25, 0.3) is 0 Å². The summed E-state index contributed by atoms with van der Waals surface area (Å²) in [5.74, 6) is -1.42. The smallest absolute Gasteiger partial charge is 0.264 e. The minimum absolute atomic E-state index is 0.0157. The number of carbonyl (C=O) groups excluding carboxylic acids is 1. The molecule has 1 aromatic rings. The van der Waals surface area contributed by atoms with Gasteiger partial charge in [-0.25, -0.2) is 12.8 Å². The molecule has 1 aliphatic rings. The number of carbonyl (C=O) groups is 1. The Kier molecular flexibility index (Phi) is 3.90. The molecule has 4 nitrogen and oxygen atoms in total. The van der Waals surface area contributed by atoms with Gasteiger partial charge in [-0.15, -0.1) is 0 Å². The first-order valence-corrected chi connectivity index (χ1v) is 8.55. The summed E-state index contributed by atoms with van der Waals surface area (Å²) in [6.07, 6.45) is 0.835. The molecule has 1 amide bonds. The Morgan fingerprint density at radius 3 is 2.58 bits per heavy atom. The fourth-order valence-electron chi connectivity index (χ4n) is 1.68. The van der Waals surface area contributed by atoms with Crippen LogP contribution in [0.15, 0.2) is 21.5 Å². The summed E-state index contributed by atoms with van der Waals surface area (Å²) in [6.45, 7) is 1.96. The maximum Gasteiger partial charge on any atom is 0.264 e. The molecule has 8 heteroatoms. The Bertz CT molecular complexity index is 650. The van der Waals surface area contributed by atoms with Crippen LogP contribution in [-0.4, -0.2) is 20.4 Å². The van der Waals surface area contributed by atoms with Crippen LogP contribution in [0.5, 0.6) is 0 Å². The Hall–Kier alpha value is -0.660. The van der Waals surface area contributed by atoms with Gasteiger partial charge < -0.3 is 5.32 Å². The minimum Gasteiger partial charge on any atom is -0.349 e. The van der Waals surface area contributed by atoms with Gasteiger partial charge in [0.15, 0.2) is 5.82 Å². The summed E-state index contributed by atoms with van der Waals surface area (Å²) in [5.41, 5.74) is -0.340. The summed E-state index contributed by atoms with van der Waals surface area (Å²) in [7, 11) is 0.885. The monoisotopic (exact) mass is 369 g/mol. The van der Waals surface area contributed by atoms with Gasteiger partial charge in [-0.3, -0.25) is 4.79 Å². The highest BCUT2D eigenvalue weighted by molar-refractivity contribution is 9.10. The highest BCUT2D eigenvalue weighted by atomic mass is 79.9. The van der Waals surface area contributed by atoms with E-state index in [0.717, 1.165) is 12.5 Å². The van der Waals surface area contributed by atoms with Gasteiger partial charge in [0.05, 0.1) is 5.56 Å². The zero-order valence-corrected chi connectivity index (χ0v) is 12.9. The highest BCUT2D eigenvalue weighted by Gasteiger charge is 2.35. The van der Waals surface area contributed by atoms with Gasteiger partial charge >= 0.3 is 0 Å². The lowest BCUT2D eigenvalue weighted by atomic mass is 10.2. The van der Waals surface area contributed by atoms with Gasteiger partial charge in [0, 0.05) is 21.2 Å². The van der Waals surface area contributed by atoms with Crippen LogP contribution < -0.4 is 5.32 Å². The van der Waals surface area contributed by atoms with E-state index in [-0.39, 0.29) is 16.1 Å². The van der Waals surface area contributed by atoms with Crippen LogP contribution in [0.4, 0.5) is 4.39 Å². The van der Waals surface area contributed by atoms with Crippen molar-refractivity contribution in [2.75, 3.05) is 0 Å². The van der Waals surface area contributed by atoms with Crippen molar-refractivity contribution in [3.05, 3.63) is 28.0 Å². The van der Waals surface area contributed by atoms with Crippen LogP contribution in [0, 0.1) is 11.7 Å². The second kappa shape index (κ2) is 5.03. The third kappa shape index (κ3) is 3.27. The molecule has 0 spiro atoms. The molecule has 0 heterocycles. The Labute approximate surface area is 122 Å². The Morgan fingerprint density at radius 1 is 1.53 bits per heavy atom. The van der Waals surface area contributed by atoms with E-state index in [1.165, 1.54) is 6.07 Å². The zero-order chi connectivity index (χ0) is 14.4. The van der Waals surface area contributed by atoms with Crippen molar-refractivity contribution in [2.45, 2.75) is 24.3 Å². The van der Waals surface area contributed by atoms with Gasteiger partial charge in [0.25, 0.3) is 15.0 Å². The molecule has 1 N–H and O–H groups in total. The normalized spacial score (nSPS) is 22.1. The lowest BCUT2D eigenvalue weighted by Crippen LogP contribution is -2.27. The van der Waals surface area contributed by atoms with Crippen molar-refractivity contribution in [1.29, 1.82) is 0 Å². The molecule has 0 aromatic heterocycles. The van der Waals surface area contributed by atoms with Gasteiger partial charge in [-0.1, -0.05) is 22.9 Å². The number of benzene rings is 1. The average Bonchev–Trinajstić information content (AvgIpc) is 2.95. The predicted molar refractivity (Wildman–Crippen MR) is 72.2 cm³/mol. The van der Waals surface area contributed by atoms with Gasteiger partial charge in [0.2, 0.25) is 0 Å². The molecule has 1 aromatic carbocycles. The summed E-state index contributed by atoms with van der Waals surface area (Å²) in [5, 5.41) is 2.63. The number of hydrogen-bond acceptors (Lipinski definition) is 3. The van der Waals surface area contributed by atoms with Crippen molar-refractivity contribution in [3.8, 4) is 0 Å². The summed E-state index contributed by atoms with van der Waals surface area (Å²) in [4.78, 5) is 11.2. The largest absolute Gasteiger partial charge is 0.349 e. The fourth-order valence-corrected chi connectivity index (χ4v) is 3.21. The maximum absolute atomic E-state index is 14.0. The predicted octanol–water partition coefficient (Wildman–Crippen LogP) is 2.65. The SMILES string of the molecule is CC1CC1NC(=O)c1cc(Br)cc(S(=O)(=O)Cl)c1F. The molecule has 19 heavy (non-hydrogen) atoms. The summed E-state index contributed by atoms with van der Waals surface area (Å²) < 4.78 is 36.8. The molecular weight excluding hydrogens is 361 g/mol.